The summed E-state index contributed by atoms with van der Waals surface area (Å²) in [5.74, 6) is 1.84. The topological polar surface area (TPSA) is 85.0 Å². The molecule has 3 heterocycles. The Bertz CT molecular complexity index is 682. The second kappa shape index (κ2) is 5.82. The van der Waals surface area contributed by atoms with Gasteiger partial charge in [0, 0.05) is 18.7 Å². The number of likely N-dealkylation sites (tertiary alicyclic amines) is 1. The monoisotopic (exact) mass is 301 g/mol. The van der Waals surface area contributed by atoms with Crippen LogP contribution in [0.1, 0.15) is 66.7 Å². The van der Waals surface area contributed by atoms with Crippen molar-refractivity contribution >= 4 is 5.91 Å². The molecule has 22 heavy (non-hydrogen) atoms. The van der Waals surface area contributed by atoms with Crippen LogP contribution in [0.25, 0.3) is 0 Å². The molecule has 1 fully saturated rings. The lowest BCUT2D eigenvalue weighted by Gasteiger charge is -2.21. The standard InChI is InChI=1S/C15H19N5O2/c1-9(2)14-18-13(19-22-14)12-5-4-8-20(12)15(21)11-6-7-16-10(3)17-11/h6-7,9,12H,4-5,8H2,1-3H3/t12-/m1/s1. The highest BCUT2D eigenvalue weighted by molar-refractivity contribution is 5.92. The maximum atomic E-state index is 12.7. The minimum absolute atomic E-state index is 0.108. The maximum Gasteiger partial charge on any atom is 0.273 e. The van der Waals surface area contributed by atoms with Crippen molar-refractivity contribution in [2.24, 2.45) is 0 Å². The van der Waals surface area contributed by atoms with E-state index in [0.29, 0.717) is 29.8 Å². The van der Waals surface area contributed by atoms with Crippen LogP contribution in [0.5, 0.6) is 0 Å². The molecule has 1 aliphatic rings. The van der Waals surface area contributed by atoms with Crippen molar-refractivity contribution in [3.8, 4) is 0 Å². The van der Waals surface area contributed by atoms with Crippen LogP contribution in [0.2, 0.25) is 0 Å². The molecule has 116 valence electrons. The van der Waals surface area contributed by atoms with E-state index in [4.69, 9.17) is 4.52 Å². The van der Waals surface area contributed by atoms with Crippen LogP contribution in [-0.4, -0.2) is 37.5 Å². The van der Waals surface area contributed by atoms with Crippen molar-refractivity contribution in [2.45, 2.75) is 45.6 Å². The molecule has 1 saturated heterocycles. The molecular weight excluding hydrogens is 282 g/mol. The molecule has 0 radical (unpaired) electrons. The second-order valence-corrected chi connectivity index (χ2v) is 5.79. The van der Waals surface area contributed by atoms with Gasteiger partial charge in [0.2, 0.25) is 5.89 Å². The lowest BCUT2D eigenvalue weighted by atomic mass is 10.2. The van der Waals surface area contributed by atoms with E-state index in [2.05, 4.69) is 20.1 Å². The Labute approximate surface area is 128 Å². The van der Waals surface area contributed by atoms with Crippen molar-refractivity contribution in [2.75, 3.05) is 6.54 Å². The number of nitrogens with zero attached hydrogens (tertiary/aromatic N) is 5. The van der Waals surface area contributed by atoms with E-state index < -0.39 is 0 Å². The molecule has 0 N–H and O–H groups in total. The number of aryl methyl sites for hydroxylation is 1. The van der Waals surface area contributed by atoms with Gasteiger partial charge in [-0.3, -0.25) is 4.79 Å². The molecule has 0 bridgehead atoms. The molecule has 0 aliphatic carbocycles. The quantitative estimate of drug-likeness (QED) is 0.864. The fourth-order valence-corrected chi connectivity index (χ4v) is 2.62. The van der Waals surface area contributed by atoms with Gasteiger partial charge < -0.3 is 9.42 Å². The predicted molar refractivity (Wildman–Crippen MR) is 78.2 cm³/mol. The minimum Gasteiger partial charge on any atom is -0.339 e. The molecule has 2 aromatic heterocycles. The van der Waals surface area contributed by atoms with Crippen LogP contribution in [0, 0.1) is 6.92 Å². The summed E-state index contributed by atoms with van der Waals surface area (Å²) in [6, 6.07) is 1.50. The number of hydrogen-bond acceptors (Lipinski definition) is 6. The van der Waals surface area contributed by atoms with Crippen molar-refractivity contribution in [1.82, 2.24) is 25.0 Å². The van der Waals surface area contributed by atoms with Crippen LogP contribution in [-0.2, 0) is 0 Å². The van der Waals surface area contributed by atoms with Gasteiger partial charge in [0.05, 0.1) is 6.04 Å². The third-order valence-electron chi connectivity index (χ3n) is 3.76. The highest BCUT2D eigenvalue weighted by atomic mass is 16.5. The summed E-state index contributed by atoms with van der Waals surface area (Å²) in [7, 11) is 0. The molecule has 0 spiro atoms. The highest BCUT2D eigenvalue weighted by Crippen LogP contribution is 2.31. The van der Waals surface area contributed by atoms with E-state index >= 15 is 0 Å². The molecule has 0 unspecified atom stereocenters. The number of aromatic nitrogens is 4. The van der Waals surface area contributed by atoms with Crippen LogP contribution in [0.15, 0.2) is 16.8 Å². The summed E-state index contributed by atoms with van der Waals surface area (Å²) in [6.45, 7) is 6.45. The molecule has 1 atom stereocenters. The third-order valence-corrected chi connectivity index (χ3v) is 3.76. The SMILES string of the molecule is Cc1nccc(C(=O)N2CCC[C@@H]2c2noc(C(C)C)n2)n1. The first kappa shape index (κ1) is 14.6. The average molecular weight is 301 g/mol. The number of carbonyl (C=O) groups excluding carboxylic acids is 1. The summed E-state index contributed by atoms with van der Waals surface area (Å²) in [5.41, 5.74) is 0.409. The van der Waals surface area contributed by atoms with Gasteiger partial charge in [0.25, 0.3) is 5.91 Å². The zero-order chi connectivity index (χ0) is 15.7. The van der Waals surface area contributed by atoms with E-state index in [-0.39, 0.29) is 17.9 Å². The summed E-state index contributed by atoms with van der Waals surface area (Å²) in [4.78, 5) is 27.1. The van der Waals surface area contributed by atoms with Crippen molar-refractivity contribution in [3.63, 3.8) is 0 Å². The Morgan fingerprint density at radius 3 is 2.91 bits per heavy atom. The maximum absolute atomic E-state index is 12.7. The average Bonchev–Trinajstić information content (AvgIpc) is 3.15. The van der Waals surface area contributed by atoms with Gasteiger partial charge in [-0.15, -0.1) is 0 Å². The van der Waals surface area contributed by atoms with E-state index in [9.17, 15) is 4.79 Å². The van der Waals surface area contributed by atoms with Gasteiger partial charge in [0.1, 0.15) is 11.5 Å². The lowest BCUT2D eigenvalue weighted by molar-refractivity contribution is 0.0722. The van der Waals surface area contributed by atoms with Crippen LogP contribution in [0.4, 0.5) is 0 Å². The van der Waals surface area contributed by atoms with Gasteiger partial charge >= 0.3 is 0 Å². The Hall–Kier alpha value is -2.31. The Morgan fingerprint density at radius 2 is 2.23 bits per heavy atom. The summed E-state index contributed by atoms with van der Waals surface area (Å²) in [5, 5.41) is 4.05. The van der Waals surface area contributed by atoms with Gasteiger partial charge in [0.15, 0.2) is 5.82 Å². The van der Waals surface area contributed by atoms with Crippen molar-refractivity contribution in [3.05, 3.63) is 35.5 Å². The first-order chi connectivity index (χ1) is 10.6. The summed E-state index contributed by atoms with van der Waals surface area (Å²) < 4.78 is 5.27. The number of carbonyl (C=O) groups is 1. The Balaban J connectivity index is 1.84. The first-order valence-corrected chi connectivity index (χ1v) is 7.50. The molecule has 1 aliphatic heterocycles. The van der Waals surface area contributed by atoms with Crippen LogP contribution in [0.3, 0.4) is 0 Å². The third kappa shape index (κ3) is 2.70. The van der Waals surface area contributed by atoms with E-state index in [0.717, 1.165) is 12.8 Å². The number of amides is 1. The smallest absolute Gasteiger partial charge is 0.273 e. The van der Waals surface area contributed by atoms with E-state index in [1.165, 1.54) is 0 Å². The fourth-order valence-electron chi connectivity index (χ4n) is 2.62. The van der Waals surface area contributed by atoms with Crippen LogP contribution < -0.4 is 0 Å². The summed E-state index contributed by atoms with van der Waals surface area (Å²) in [6.07, 6.45) is 3.37. The van der Waals surface area contributed by atoms with Gasteiger partial charge in [-0.2, -0.15) is 4.98 Å². The second-order valence-electron chi connectivity index (χ2n) is 5.79. The Kier molecular flexibility index (Phi) is 3.87. The summed E-state index contributed by atoms with van der Waals surface area (Å²) >= 11 is 0. The molecule has 0 saturated carbocycles. The van der Waals surface area contributed by atoms with E-state index in [1.807, 2.05) is 13.8 Å². The van der Waals surface area contributed by atoms with Crippen LogP contribution >= 0.6 is 0 Å². The largest absolute Gasteiger partial charge is 0.339 e. The highest BCUT2D eigenvalue weighted by Gasteiger charge is 2.34. The zero-order valence-electron chi connectivity index (χ0n) is 13.0. The molecule has 7 nitrogen and oxygen atoms in total. The molecule has 2 aromatic rings. The lowest BCUT2D eigenvalue weighted by Crippen LogP contribution is -2.32. The molecule has 1 amide bonds. The predicted octanol–water partition coefficient (Wildman–Crippen LogP) is 2.27. The van der Waals surface area contributed by atoms with Gasteiger partial charge in [-0.05, 0) is 25.8 Å². The normalized spacial score (nSPS) is 18.2. The van der Waals surface area contributed by atoms with Crippen molar-refractivity contribution < 1.29 is 9.32 Å². The Morgan fingerprint density at radius 1 is 1.41 bits per heavy atom. The van der Waals surface area contributed by atoms with Crippen molar-refractivity contribution in [1.29, 1.82) is 0 Å². The number of hydrogen-bond donors (Lipinski definition) is 0. The first-order valence-electron chi connectivity index (χ1n) is 7.50. The molecule has 3 rings (SSSR count). The number of rotatable bonds is 3. The molecule has 0 aromatic carbocycles. The fraction of sp³-hybridized carbons (Fsp3) is 0.533. The molecular formula is C15H19N5O2. The van der Waals surface area contributed by atoms with Gasteiger partial charge in [-0.25, -0.2) is 9.97 Å². The van der Waals surface area contributed by atoms with E-state index in [1.54, 1.807) is 24.1 Å². The van der Waals surface area contributed by atoms with Gasteiger partial charge in [-0.1, -0.05) is 19.0 Å². The minimum atomic E-state index is -0.140. The molecule has 7 heteroatoms. The zero-order valence-corrected chi connectivity index (χ0v) is 13.0.